The summed E-state index contributed by atoms with van der Waals surface area (Å²) in [5.41, 5.74) is 1.35. The molecule has 7 nitrogen and oxygen atoms in total. The highest BCUT2D eigenvalue weighted by Crippen LogP contribution is 2.12. The molecule has 7 heteroatoms. The van der Waals surface area contributed by atoms with Gasteiger partial charge in [-0.2, -0.15) is 0 Å². The fourth-order valence-electron chi connectivity index (χ4n) is 1.95. The van der Waals surface area contributed by atoms with Gasteiger partial charge in [-0.25, -0.2) is 14.4 Å². The Labute approximate surface area is 210 Å². The second-order valence-corrected chi connectivity index (χ2v) is 7.05. The molecule has 0 bridgehead atoms. The number of aliphatic hydroxyl groups is 1. The number of carbonyl (C=O) groups is 3. The Morgan fingerprint density at radius 1 is 1.00 bits per heavy atom. The normalized spacial score (nSPS) is 9.60. The number of hydrogen-bond donors (Lipinski definition) is 2. The van der Waals surface area contributed by atoms with Crippen molar-refractivity contribution in [3.63, 3.8) is 0 Å². The molecule has 1 rings (SSSR count). The van der Waals surface area contributed by atoms with Gasteiger partial charge in [0.2, 0.25) is 0 Å². The van der Waals surface area contributed by atoms with Gasteiger partial charge in [-0.15, -0.1) is 0 Å². The number of esters is 2. The quantitative estimate of drug-likeness (QED) is 0.289. The second kappa shape index (κ2) is 26.8. The molecule has 0 fully saturated rings. The van der Waals surface area contributed by atoms with Crippen LogP contribution in [0.3, 0.4) is 0 Å². The number of unbranched alkanes of at least 4 members (excludes halogenated alkanes) is 1. The summed E-state index contributed by atoms with van der Waals surface area (Å²) in [5.74, 6) is -1.23. The number of rotatable bonds is 12. The number of hydrogen-bond acceptors (Lipinski definition) is 6. The topological polar surface area (TPSA) is 110 Å². The lowest BCUT2D eigenvalue weighted by atomic mass is 10.0. The average Bonchev–Trinajstić information content (AvgIpc) is 2.88. The van der Waals surface area contributed by atoms with Gasteiger partial charge in [0.05, 0.1) is 13.2 Å². The monoisotopic (exact) mass is 490 g/mol. The van der Waals surface area contributed by atoms with Gasteiger partial charge in [0.15, 0.2) is 0 Å². The van der Waals surface area contributed by atoms with E-state index in [-0.39, 0.29) is 24.8 Å². The van der Waals surface area contributed by atoms with E-state index in [9.17, 15) is 14.4 Å². The minimum atomic E-state index is -0.935. The van der Waals surface area contributed by atoms with Gasteiger partial charge in [0, 0.05) is 17.7 Å². The first-order valence-corrected chi connectivity index (χ1v) is 11.4. The van der Waals surface area contributed by atoms with Crippen LogP contribution in [0.25, 0.3) is 6.08 Å². The Morgan fingerprint density at radius 3 is 1.86 bits per heavy atom. The second-order valence-electron chi connectivity index (χ2n) is 7.05. The van der Waals surface area contributed by atoms with Gasteiger partial charge in [0.25, 0.3) is 0 Å². The van der Waals surface area contributed by atoms with E-state index in [1.807, 2.05) is 36.4 Å². The van der Waals surface area contributed by atoms with Crippen LogP contribution in [-0.4, -0.2) is 47.9 Å². The van der Waals surface area contributed by atoms with E-state index in [1.54, 1.807) is 0 Å². The summed E-state index contributed by atoms with van der Waals surface area (Å²) in [6.45, 7) is 19.5. The standard InChI is InChI=1S/C11H20O2.C8H8.C5H8O3.C4H6O2/c1-4-7-8-10(5-2)9-13-11(12)6-3;1-2-8-6-4-3-5-7-8;1-2-5(7)8-4-3-6;1-3(2)4(5)6/h6,10H,3-5,7-9H2,1-2H3;2-7H,1H2;2,6H,1,3-4H2;1H2,2H3,(H,5,6). The maximum Gasteiger partial charge on any atom is 0.330 e. The van der Waals surface area contributed by atoms with Crippen molar-refractivity contribution < 1.29 is 34.1 Å². The predicted molar refractivity (Wildman–Crippen MR) is 142 cm³/mol. The number of carboxylic acid groups (broad SMARTS) is 1. The molecule has 0 spiro atoms. The summed E-state index contributed by atoms with van der Waals surface area (Å²) in [5, 5.41) is 16.0. The van der Waals surface area contributed by atoms with Crippen LogP contribution in [0.1, 0.15) is 52.0 Å². The van der Waals surface area contributed by atoms with E-state index in [1.165, 1.54) is 31.4 Å². The third-order valence-corrected chi connectivity index (χ3v) is 4.07. The maximum absolute atomic E-state index is 10.8. The van der Waals surface area contributed by atoms with Gasteiger partial charge >= 0.3 is 17.9 Å². The minimum Gasteiger partial charge on any atom is -0.478 e. The largest absolute Gasteiger partial charge is 0.478 e. The molecule has 0 aliphatic rings. The number of benzene rings is 1. The summed E-state index contributed by atoms with van der Waals surface area (Å²) in [7, 11) is 0. The molecule has 0 heterocycles. The van der Waals surface area contributed by atoms with Crippen molar-refractivity contribution in [2.24, 2.45) is 5.92 Å². The number of carbonyl (C=O) groups excluding carboxylic acids is 2. The van der Waals surface area contributed by atoms with Crippen LogP contribution in [0.5, 0.6) is 0 Å². The molecule has 1 unspecified atom stereocenters. The van der Waals surface area contributed by atoms with E-state index in [2.05, 4.69) is 44.9 Å². The Hall–Kier alpha value is -3.45. The Balaban J connectivity index is -0.000000407. The third kappa shape index (κ3) is 28.5. The highest BCUT2D eigenvalue weighted by atomic mass is 16.5. The molecule has 0 aromatic heterocycles. The molecule has 35 heavy (non-hydrogen) atoms. The number of aliphatic hydroxyl groups excluding tert-OH is 1. The predicted octanol–water partition coefficient (Wildman–Crippen LogP) is 5.62. The summed E-state index contributed by atoms with van der Waals surface area (Å²) in [6, 6.07) is 10.0. The summed E-state index contributed by atoms with van der Waals surface area (Å²) in [6.07, 6.45) is 8.74. The molecule has 1 aromatic carbocycles. The van der Waals surface area contributed by atoms with Crippen molar-refractivity contribution in [2.45, 2.75) is 46.5 Å². The first-order chi connectivity index (χ1) is 16.6. The van der Waals surface area contributed by atoms with Crippen LogP contribution in [0.15, 0.2) is 74.4 Å². The lowest BCUT2D eigenvalue weighted by molar-refractivity contribution is -0.139. The third-order valence-electron chi connectivity index (χ3n) is 4.07. The van der Waals surface area contributed by atoms with Gasteiger partial charge in [-0.1, -0.05) is 95.8 Å². The zero-order chi connectivity index (χ0) is 27.5. The Morgan fingerprint density at radius 2 is 1.51 bits per heavy atom. The van der Waals surface area contributed by atoms with Crippen LogP contribution < -0.4 is 0 Å². The molecule has 0 aliphatic heterocycles. The lowest BCUT2D eigenvalue weighted by Gasteiger charge is -2.13. The van der Waals surface area contributed by atoms with Gasteiger partial charge in [-0.05, 0) is 24.8 Å². The van der Waals surface area contributed by atoms with Crippen LogP contribution in [0.2, 0.25) is 0 Å². The number of aliphatic carboxylic acids is 1. The van der Waals surface area contributed by atoms with Crippen LogP contribution in [0.4, 0.5) is 0 Å². The highest BCUT2D eigenvalue weighted by molar-refractivity contribution is 5.84. The molecule has 196 valence electrons. The zero-order valence-electron chi connectivity index (χ0n) is 21.4. The summed E-state index contributed by atoms with van der Waals surface area (Å²) in [4.78, 5) is 30.5. The molecule has 2 N–H and O–H groups in total. The van der Waals surface area contributed by atoms with Crippen molar-refractivity contribution in [3.8, 4) is 0 Å². The molecular weight excluding hydrogens is 448 g/mol. The number of ether oxygens (including phenoxy) is 2. The van der Waals surface area contributed by atoms with E-state index in [4.69, 9.17) is 14.9 Å². The van der Waals surface area contributed by atoms with Crippen LogP contribution >= 0.6 is 0 Å². The number of carboxylic acids is 1. The SMILES string of the molecule is C=C(C)C(=O)O.C=CC(=O)OCC(CC)CCCC.C=CC(=O)OCCO.C=Cc1ccccc1. The van der Waals surface area contributed by atoms with Crippen molar-refractivity contribution in [1.29, 1.82) is 0 Å². The Bertz CT molecular complexity index is 727. The Kier molecular flexibility index (Phi) is 27.7. The van der Waals surface area contributed by atoms with Crippen molar-refractivity contribution >= 4 is 24.0 Å². The molecule has 0 saturated carbocycles. The van der Waals surface area contributed by atoms with Crippen LogP contribution in [0, 0.1) is 5.92 Å². The molecular formula is C28H42O7. The minimum absolute atomic E-state index is 0.0465. The van der Waals surface area contributed by atoms with E-state index >= 15 is 0 Å². The summed E-state index contributed by atoms with van der Waals surface area (Å²) < 4.78 is 9.32. The van der Waals surface area contributed by atoms with Gasteiger partial charge in [0.1, 0.15) is 6.61 Å². The lowest BCUT2D eigenvalue weighted by Crippen LogP contribution is -2.12. The molecule has 0 aliphatic carbocycles. The fraction of sp³-hybridized carbons (Fsp3) is 0.393. The van der Waals surface area contributed by atoms with Crippen molar-refractivity contribution in [2.75, 3.05) is 19.8 Å². The van der Waals surface area contributed by atoms with E-state index in [0.717, 1.165) is 18.9 Å². The van der Waals surface area contributed by atoms with E-state index < -0.39 is 11.9 Å². The fourth-order valence-corrected chi connectivity index (χ4v) is 1.95. The molecule has 0 amide bonds. The summed E-state index contributed by atoms with van der Waals surface area (Å²) >= 11 is 0. The zero-order valence-corrected chi connectivity index (χ0v) is 21.4. The maximum atomic E-state index is 10.8. The molecule has 0 radical (unpaired) electrons. The van der Waals surface area contributed by atoms with Crippen LogP contribution in [-0.2, 0) is 23.9 Å². The van der Waals surface area contributed by atoms with Gasteiger partial charge < -0.3 is 19.7 Å². The molecule has 1 atom stereocenters. The van der Waals surface area contributed by atoms with Crippen molar-refractivity contribution in [1.82, 2.24) is 0 Å². The first-order valence-electron chi connectivity index (χ1n) is 11.4. The smallest absolute Gasteiger partial charge is 0.330 e. The molecule has 0 saturated heterocycles. The van der Waals surface area contributed by atoms with E-state index in [0.29, 0.717) is 12.5 Å². The highest BCUT2D eigenvalue weighted by Gasteiger charge is 2.07. The first kappa shape index (κ1) is 36.1. The van der Waals surface area contributed by atoms with Crippen molar-refractivity contribution in [3.05, 3.63) is 79.9 Å². The average molecular weight is 491 g/mol. The van der Waals surface area contributed by atoms with Gasteiger partial charge in [-0.3, -0.25) is 0 Å². The molecule has 1 aromatic rings.